The summed E-state index contributed by atoms with van der Waals surface area (Å²) in [6.07, 6.45) is -0.940. The van der Waals surface area contributed by atoms with Gasteiger partial charge in [-0.25, -0.2) is 4.79 Å². The number of carbonyl (C=O) groups is 2. The van der Waals surface area contributed by atoms with Gasteiger partial charge in [-0.05, 0) is 32.4 Å². The van der Waals surface area contributed by atoms with E-state index in [1.165, 1.54) is 6.92 Å². The molecule has 116 valence electrons. The van der Waals surface area contributed by atoms with Gasteiger partial charge in [-0.3, -0.25) is 4.79 Å². The van der Waals surface area contributed by atoms with Crippen LogP contribution in [0.4, 0.5) is 0 Å². The molecule has 1 atom stereocenters. The summed E-state index contributed by atoms with van der Waals surface area (Å²) < 4.78 is 7.11. The minimum Gasteiger partial charge on any atom is -0.449 e. The molecular formula is C17H20N2O3. The van der Waals surface area contributed by atoms with Crippen molar-refractivity contribution in [2.45, 2.75) is 33.4 Å². The van der Waals surface area contributed by atoms with E-state index in [2.05, 4.69) is 0 Å². The van der Waals surface area contributed by atoms with Gasteiger partial charge in [-0.15, -0.1) is 0 Å². The third kappa shape index (κ3) is 3.36. The molecule has 0 spiro atoms. The predicted octanol–water partition coefficient (Wildman–Crippen LogP) is 2.18. The fourth-order valence-electron chi connectivity index (χ4n) is 2.30. The van der Waals surface area contributed by atoms with E-state index in [0.29, 0.717) is 12.1 Å². The molecule has 2 rings (SSSR count). The molecule has 0 fully saturated rings. The Hall–Kier alpha value is -2.56. The number of hydrogen-bond donors (Lipinski definition) is 1. The van der Waals surface area contributed by atoms with Gasteiger partial charge in [-0.2, -0.15) is 0 Å². The first-order valence-corrected chi connectivity index (χ1v) is 7.11. The third-order valence-electron chi connectivity index (χ3n) is 3.66. The molecule has 2 aromatic rings. The van der Waals surface area contributed by atoms with E-state index in [4.69, 9.17) is 10.5 Å². The summed E-state index contributed by atoms with van der Waals surface area (Å²) in [6, 6.07) is 11.8. The van der Waals surface area contributed by atoms with Crippen LogP contribution in [0.25, 0.3) is 0 Å². The number of nitrogens with two attached hydrogens (primary N) is 1. The van der Waals surface area contributed by atoms with Crippen LogP contribution < -0.4 is 5.73 Å². The van der Waals surface area contributed by atoms with Gasteiger partial charge in [0.25, 0.3) is 5.91 Å². The van der Waals surface area contributed by atoms with E-state index < -0.39 is 18.0 Å². The molecule has 1 amide bonds. The van der Waals surface area contributed by atoms with Crippen molar-refractivity contribution in [2.24, 2.45) is 5.73 Å². The lowest BCUT2D eigenvalue weighted by atomic mass is 10.2. The standard InChI is InChI=1S/C17H20N2O3/c1-11-9-15(17(21)22-13(3)16(18)20)12(2)19(11)10-14-7-5-4-6-8-14/h4-9,13H,10H2,1-3H3,(H2,18,20)/t13-/m0/s1. The first kappa shape index (κ1) is 15.8. The van der Waals surface area contributed by atoms with Gasteiger partial charge < -0.3 is 15.0 Å². The molecule has 0 aliphatic rings. The number of ether oxygens (including phenoxy) is 1. The van der Waals surface area contributed by atoms with E-state index in [-0.39, 0.29) is 0 Å². The van der Waals surface area contributed by atoms with Crippen LogP contribution in [0.15, 0.2) is 36.4 Å². The maximum Gasteiger partial charge on any atom is 0.340 e. The van der Waals surface area contributed by atoms with Gasteiger partial charge >= 0.3 is 5.97 Å². The molecule has 1 aromatic heterocycles. The number of aryl methyl sites for hydroxylation is 1. The van der Waals surface area contributed by atoms with Crippen molar-refractivity contribution in [3.8, 4) is 0 Å². The van der Waals surface area contributed by atoms with Crippen molar-refractivity contribution in [3.63, 3.8) is 0 Å². The van der Waals surface area contributed by atoms with E-state index in [1.54, 1.807) is 6.07 Å². The normalized spacial score (nSPS) is 12.0. The second kappa shape index (κ2) is 6.47. The van der Waals surface area contributed by atoms with Gasteiger partial charge in [-0.1, -0.05) is 30.3 Å². The van der Waals surface area contributed by atoms with Crippen LogP contribution in [-0.4, -0.2) is 22.5 Å². The average molecular weight is 300 g/mol. The fraction of sp³-hybridized carbons (Fsp3) is 0.294. The maximum absolute atomic E-state index is 12.2. The summed E-state index contributed by atoms with van der Waals surface area (Å²) in [5.74, 6) is -1.19. The molecule has 2 N–H and O–H groups in total. The molecule has 22 heavy (non-hydrogen) atoms. The minimum absolute atomic E-state index is 0.460. The Morgan fingerprint density at radius 3 is 2.45 bits per heavy atom. The van der Waals surface area contributed by atoms with Gasteiger partial charge in [0.15, 0.2) is 6.10 Å². The molecule has 0 aliphatic carbocycles. The second-order valence-electron chi connectivity index (χ2n) is 5.31. The lowest BCUT2D eigenvalue weighted by Crippen LogP contribution is -2.30. The van der Waals surface area contributed by atoms with E-state index >= 15 is 0 Å². The van der Waals surface area contributed by atoms with Gasteiger partial charge in [0, 0.05) is 17.9 Å². The van der Waals surface area contributed by atoms with Crippen LogP contribution in [0, 0.1) is 13.8 Å². The molecule has 0 radical (unpaired) electrons. The van der Waals surface area contributed by atoms with E-state index in [9.17, 15) is 9.59 Å². The summed E-state index contributed by atoms with van der Waals surface area (Å²) in [5.41, 5.74) is 8.49. The fourth-order valence-corrected chi connectivity index (χ4v) is 2.30. The highest BCUT2D eigenvalue weighted by atomic mass is 16.5. The molecular weight excluding hydrogens is 280 g/mol. The highest BCUT2D eigenvalue weighted by molar-refractivity contribution is 5.93. The number of primary amides is 1. The molecule has 5 heteroatoms. The quantitative estimate of drug-likeness (QED) is 0.860. The monoisotopic (exact) mass is 300 g/mol. The molecule has 0 saturated heterocycles. The van der Waals surface area contributed by atoms with Crippen molar-refractivity contribution in [1.82, 2.24) is 4.57 Å². The first-order valence-electron chi connectivity index (χ1n) is 7.11. The highest BCUT2D eigenvalue weighted by Crippen LogP contribution is 2.18. The number of benzene rings is 1. The van der Waals surface area contributed by atoms with Crippen molar-refractivity contribution in [3.05, 3.63) is 58.9 Å². The summed E-state index contributed by atoms with van der Waals surface area (Å²) in [7, 11) is 0. The molecule has 0 unspecified atom stereocenters. The van der Waals surface area contributed by atoms with Gasteiger partial charge in [0.1, 0.15) is 0 Å². The van der Waals surface area contributed by atoms with Crippen LogP contribution in [0.1, 0.15) is 34.2 Å². The molecule has 1 heterocycles. The Labute approximate surface area is 129 Å². The summed E-state index contributed by atoms with van der Waals surface area (Å²) in [5, 5.41) is 0. The van der Waals surface area contributed by atoms with E-state index in [0.717, 1.165) is 17.0 Å². The highest BCUT2D eigenvalue weighted by Gasteiger charge is 2.21. The number of rotatable bonds is 5. The predicted molar refractivity (Wildman–Crippen MR) is 83.5 cm³/mol. The zero-order chi connectivity index (χ0) is 16.3. The van der Waals surface area contributed by atoms with Crippen LogP contribution in [0.5, 0.6) is 0 Å². The molecule has 5 nitrogen and oxygen atoms in total. The number of amides is 1. The second-order valence-corrected chi connectivity index (χ2v) is 5.31. The summed E-state index contributed by atoms with van der Waals surface area (Å²) in [6.45, 7) is 5.94. The van der Waals surface area contributed by atoms with Crippen LogP contribution in [-0.2, 0) is 16.1 Å². The zero-order valence-corrected chi connectivity index (χ0v) is 13.0. The van der Waals surface area contributed by atoms with Gasteiger partial charge in [0.2, 0.25) is 0 Å². The van der Waals surface area contributed by atoms with Crippen LogP contribution in [0.2, 0.25) is 0 Å². The molecule has 1 aromatic carbocycles. The van der Waals surface area contributed by atoms with E-state index in [1.807, 2.05) is 48.7 Å². The lowest BCUT2D eigenvalue weighted by Gasteiger charge is -2.11. The third-order valence-corrected chi connectivity index (χ3v) is 3.66. The Kier molecular flexibility index (Phi) is 4.65. The number of aromatic nitrogens is 1. The minimum atomic E-state index is -0.940. The summed E-state index contributed by atoms with van der Waals surface area (Å²) >= 11 is 0. The number of nitrogens with zero attached hydrogens (tertiary/aromatic N) is 1. The van der Waals surface area contributed by atoms with Crippen LogP contribution in [0.3, 0.4) is 0 Å². The smallest absolute Gasteiger partial charge is 0.340 e. The number of esters is 1. The molecule has 0 saturated carbocycles. The summed E-state index contributed by atoms with van der Waals surface area (Å²) in [4.78, 5) is 23.2. The Bertz CT molecular complexity index is 689. The maximum atomic E-state index is 12.2. The lowest BCUT2D eigenvalue weighted by molar-refractivity contribution is -0.125. The van der Waals surface area contributed by atoms with Crippen molar-refractivity contribution in [1.29, 1.82) is 0 Å². The zero-order valence-electron chi connectivity index (χ0n) is 13.0. The topological polar surface area (TPSA) is 74.3 Å². The Balaban J connectivity index is 2.23. The average Bonchev–Trinajstić information content (AvgIpc) is 2.76. The van der Waals surface area contributed by atoms with Gasteiger partial charge in [0.05, 0.1) is 5.56 Å². The van der Waals surface area contributed by atoms with Crippen molar-refractivity contribution in [2.75, 3.05) is 0 Å². The van der Waals surface area contributed by atoms with Crippen molar-refractivity contribution < 1.29 is 14.3 Å². The largest absolute Gasteiger partial charge is 0.449 e. The Morgan fingerprint density at radius 2 is 1.86 bits per heavy atom. The molecule has 0 bridgehead atoms. The number of hydrogen-bond acceptors (Lipinski definition) is 3. The number of carbonyl (C=O) groups excluding carboxylic acids is 2. The van der Waals surface area contributed by atoms with Crippen molar-refractivity contribution >= 4 is 11.9 Å². The Morgan fingerprint density at radius 1 is 1.23 bits per heavy atom. The SMILES string of the molecule is Cc1cc(C(=O)O[C@@H](C)C(N)=O)c(C)n1Cc1ccccc1. The first-order chi connectivity index (χ1) is 10.4. The van der Waals surface area contributed by atoms with Crippen LogP contribution >= 0.6 is 0 Å². The molecule has 0 aliphatic heterocycles.